The summed E-state index contributed by atoms with van der Waals surface area (Å²) >= 11 is 57.9. The second kappa shape index (κ2) is 5.63. The van der Waals surface area contributed by atoms with Crippen molar-refractivity contribution in [2.75, 3.05) is 0 Å². The fraction of sp³-hybridized carbons (Fsp3) is 1.00. The van der Waals surface area contributed by atoms with E-state index in [0.29, 0.717) is 0 Å². The maximum atomic E-state index is 5.98. The average molecular weight is 471 g/mol. The van der Waals surface area contributed by atoms with Crippen LogP contribution in [0.15, 0.2) is 20.7 Å². The van der Waals surface area contributed by atoms with E-state index in [4.69, 9.17) is 116 Å². The maximum absolute atomic E-state index is 5.98. The highest BCUT2D eigenvalue weighted by atomic mass is 35.6. The van der Waals surface area contributed by atoms with Gasteiger partial charge in [0.2, 0.25) is 16.3 Å². The summed E-state index contributed by atoms with van der Waals surface area (Å²) in [6, 6.07) is 0. The summed E-state index contributed by atoms with van der Waals surface area (Å²) in [7, 11) is 0. The molecule has 1 aliphatic rings. The molecule has 0 amide bonds. The van der Waals surface area contributed by atoms with E-state index >= 15 is 0 Å². The number of nitrogens with zero attached hydrogens (tertiary/aromatic N) is 4. The van der Waals surface area contributed by atoms with Crippen LogP contribution in [0.3, 0.4) is 0 Å². The standard InChI is InChI=1S/C5Cl10N4/c6-1(7,4(10,11)12)3(16-18-19-17-3)2(8,9)5(13,14)15. The highest BCUT2D eigenvalue weighted by Crippen LogP contribution is 2.65. The molecule has 0 aromatic carbocycles. The number of halogens is 10. The van der Waals surface area contributed by atoms with Crippen LogP contribution in [0, 0.1) is 0 Å². The molecular formula is C5Cl10N4. The van der Waals surface area contributed by atoms with E-state index < -0.39 is 21.9 Å². The Morgan fingerprint density at radius 3 is 1.00 bits per heavy atom. The van der Waals surface area contributed by atoms with E-state index in [1.165, 1.54) is 0 Å². The van der Waals surface area contributed by atoms with E-state index in [2.05, 4.69) is 20.7 Å². The molecule has 0 aliphatic carbocycles. The Hall–Kier alpha value is 2.10. The topological polar surface area (TPSA) is 49.4 Å². The van der Waals surface area contributed by atoms with Gasteiger partial charge in [0.05, 0.1) is 0 Å². The van der Waals surface area contributed by atoms with Crippen LogP contribution in [0.2, 0.25) is 0 Å². The van der Waals surface area contributed by atoms with Crippen molar-refractivity contribution in [3.63, 3.8) is 0 Å². The van der Waals surface area contributed by atoms with E-state index in [9.17, 15) is 0 Å². The second-order valence-corrected chi connectivity index (χ2v) is 10.4. The average Bonchev–Trinajstić information content (AvgIpc) is 2.63. The highest BCUT2D eigenvalue weighted by molar-refractivity contribution is 6.78. The van der Waals surface area contributed by atoms with Gasteiger partial charge in [-0.3, -0.25) is 0 Å². The lowest BCUT2D eigenvalue weighted by Gasteiger charge is -2.45. The summed E-state index contributed by atoms with van der Waals surface area (Å²) in [5, 5.41) is 13.4. The molecule has 0 spiro atoms. The van der Waals surface area contributed by atoms with Gasteiger partial charge in [0.1, 0.15) is 0 Å². The normalized spacial score (nSPS) is 20.1. The number of alkyl halides is 10. The van der Waals surface area contributed by atoms with Crippen molar-refractivity contribution in [1.82, 2.24) is 0 Å². The van der Waals surface area contributed by atoms with Crippen LogP contribution in [0.4, 0.5) is 0 Å². The van der Waals surface area contributed by atoms with Crippen molar-refractivity contribution in [3.8, 4) is 0 Å². The van der Waals surface area contributed by atoms with Crippen LogP contribution in [0.25, 0.3) is 0 Å². The molecule has 1 aliphatic heterocycles. The molecule has 19 heavy (non-hydrogen) atoms. The van der Waals surface area contributed by atoms with Crippen LogP contribution in [0.1, 0.15) is 0 Å². The summed E-state index contributed by atoms with van der Waals surface area (Å²) in [5.74, 6) is 0. The largest absolute Gasteiger partial charge is 0.268 e. The van der Waals surface area contributed by atoms with E-state index in [-0.39, 0.29) is 0 Å². The summed E-state index contributed by atoms with van der Waals surface area (Å²) in [5.41, 5.74) is -2.36. The third-order valence-corrected chi connectivity index (χ3v) is 7.06. The molecule has 0 atom stereocenters. The van der Waals surface area contributed by atoms with Gasteiger partial charge in [-0.25, -0.2) is 0 Å². The van der Waals surface area contributed by atoms with Gasteiger partial charge in [-0.15, -0.1) is 10.2 Å². The minimum atomic E-state index is -2.44. The Morgan fingerprint density at radius 2 is 0.789 bits per heavy atom. The van der Waals surface area contributed by atoms with Crippen molar-refractivity contribution in [2.45, 2.75) is 21.9 Å². The summed E-state index contributed by atoms with van der Waals surface area (Å²) in [6.45, 7) is 0. The summed E-state index contributed by atoms with van der Waals surface area (Å²) in [6.07, 6.45) is 0. The molecule has 0 aromatic rings. The van der Waals surface area contributed by atoms with Crippen molar-refractivity contribution < 1.29 is 0 Å². The Kier molecular flexibility index (Phi) is 5.67. The fourth-order valence-corrected chi connectivity index (χ4v) is 2.89. The van der Waals surface area contributed by atoms with Gasteiger partial charge < -0.3 is 0 Å². The fourth-order valence-electron chi connectivity index (χ4n) is 1.03. The van der Waals surface area contributed by atoms with Crippen molar-refractivity contribution >= 4 is 116 Å². The van der Waals surface area contributed by atoms with Gasteiger partial charge in [-0.05, 0) is 10.4 Å². The lowest BCUT2D eigenvalue weighted by molar-refractivity contribution is 0.344. The molecule has 1 heterocycles. The van der Waals surface area contributed by atoms with E-state index in [0.717, 1.165) is 0 Å². The quantitative estimate of drug-likeness (QED) is 0.408. The van der Waals surface area contributed by atoms with Crippen LogP contribution in [0.5, 0.6) is 0 Å². The molecule has 1 rings (SSSR count). The van der Waals surface area contributed by atoms with Crippen LogP contribution in [-0.2, 0) is 0 Å². The molecule has 4 nitrogen and oxygen atoms in total. The van der Waals surface area contributed by atoms with E-state index in [1.807, 2.05) is 0 Å². The summed E-state index contributed by atoms with van der Waals surface area (Å²) in [4.78, 5) is 0. The highest BCUT2D eigenvalue weighted by Gasteiger charge is 2.77. The molecule has 0 bridgehead atoms. The Bertz CT molecular complexity index is 377. The first-order valence-corrected chi connectivity index (χ1v) is 7.72. The molecule has 0 N–H and O–H groups in total. The molecule has 0 saturated carbocycles. The maximum Gasteiger partial charge on any atom is 0.268 e. The van der Waals surface area contributed by atoms with Crippen LogP contribution in [-0.4, -0.2) is 21.9 Å². The first kappa shape index (κ1) is 19.1. The van der Waals surface area contributed by atoms with Gasteiger partial charge in [0.25, 0.3) is 5.66 Å². The minimum Gasteiger partial charge on any atom is -0.128 e. The third-order valence-electron chi connectivity index (χ3n) is 2.01. The zero-order chi connectivity index (χ0) is 15.3. The second-order valence-electron chi connectivity index (χ2n) is 3.20. The molecule has 0 radical (unpaired) electrons. The van der Waals surface area contributed by atoms with Gasteiger partial charge in [0.15, 0.2) is 0 Å². The minimum absolute atomic E-state index is 2.36. The Morgan fingerprint density at radius 1 is 0.526 bits per heavy atom. The molecule has 14 heteroatoms. The summed E-state index contributed by atoms with van der Waals surface area (Å²) < 4.78 is -9.60. The monoisotopic (exact) mass is 466 g/mol. The van der Waals surface area contributed by atoms with Gasteiger partial charge in [-0.1, -0.05) is 116 Å². The Balaban J connectivity index is 3.54. The lowest BCUT2D eigenvalue weighted by Crippen LogP contribution is -2.64. The zero-order valence-corrected chi connectivity index (χ0v) is 15.6. The number of rotatable bonds is 2. The number of hydrogen-bond donors (Lipinski definition) is 0. The van der Waals surface area contributed by atoms with Crippen LogP contribution < -0.4 is 0 Å². The lowest BCUT2D eigenvalue weighted by atomic mass is 10.0. The molecule has 0 aromatic heterocycles. The zero-order valence-electron chi connectivity index (χ0n) is 8.07. The third kappa shape index (κ3) is 2.97. The van der Waals surface area contributed by atoms with Gasteiger partial charge in [-0.2, -0.15) is 0 Å². The molecule has 0 saturated heterocycles. The van der Waals surface area contributed by atoms with Crippen molar-refractivity contribution in [3.05, 3.63) is 0 Å². The predicted octanol–water partition coefficient (Wildman–Crippen LogP) is 6.60. The Labute approximate surface area is 157 Å². The first-order chi connectivity index (χ1) is 8.21. The van der Waals surface area contributed by atoms with E-state index in [1.54, 1.807) is 0 Å². The van der Waals surface area contributed by atoms with Crippen molar-refractivity contribution in [1.29, 1.82) is 0 Å². The predicted molar refractivity (Wildman–Crippen MR) is 81.9 cm³/mol. The smallest absolute Gasteiger partial charge is 0.128 e. The van der Waals surface area contributed by atoms with Crippen molar-refractivity contribution in [2.24, 2.45) is 20.7 Å². The number of hydrogen-bond acceptors (Lipinski definition) is 4. The van der Waals surface area contributed by atoms with Gasteiger partial charge in [0, 0.05) is 0 Å². The molecule has 110 valence electrons. The first-order valence-electron chi connectivity index (χ1n) is 3.94. The van der Waals surface area contributed by atoms with Gasteiger partial charge >= 0.3 is 0 Å². The molecule has 0 unspecified atom stereocenters. The SMILES string of the molecule is ClC(Cl)(Cl)C(Cl)(Cl)C1(C(Cl)(Cl)C(Cl)(Cl)Cl)N=NN=N1. The molecule has 0 fully saturated rings. The van der Waals surface area contributed by atoms with Crippen LogP contribution >= 0.6 is 116 Å². The molecular weight excluding hydrogens is 471 g/mol.